The van der Waals surface area contributed by atoms with E-state index in [1.165, 1.54) is 14.1 Å². The fourth-order valence-corrected chi connectivity index (χ4v) is 5.21. The topological polar surface area (TPSA) is 78.0 Å². The van der Waals surface area contributed by atoms with E-state index < -0.39 is 28.1 Å². The Bertz CT molecular complexity index is 806. The normalized spacial score (nSPS) is 28.2. The maximum atomic E-state index is 13.1. The van der Waals surface area contributed by atoms with E-state index in [-0.39, 0.29) is 23.3 Å². The molecule has 0 N–H and O–H groups in total. The lowest BCUT2D eigenvalue weighted by Crippen LogP contribution is -2.51. The Balaban J connectivity index is 2.03. The summed E-state index contributed by atoms with van der Waals surface area (Å²) >= 11 is 0. The van der Waals surface area contributed by atoms with Crippen molar-refractivity contribution < 1.29 is 18.0 Å². The van der Waals surface area contributed by atoms with Crippen molar-refractivity contribution >= 4 is 21.8 Å². The van der Waals surface area contributed by atoms with Crippen LogP contribution in [-0.2, 0) is 19.6 Å². The molecule has 2 aliphatic heterocycles. The number of carbonyl (C=O) groups excluding carboxylic acids is 2. The van der Waals surface area contributed by atoms with Crippen LogP contribution in [0.25, 0.3) is 0 Å². The van der Waals surface area contributed by atoms with Gasteiger partial charge in [-0.3, -0.25) is 9.59 Å². The van der Waals surface area contributed by atoms with Crippen LogP contribution in [0.1, 0.15) is 18.9 Å². The standard InChI is InChI=1S/C17H23N3O4S/c1-11-5-7-13(8-6-11)25(23,24)20-10-9-14-15(20)17(22)18(3)12(2)16(21)19(14)4/h5-8,12,14-15H,9-10H2,1-4H3/t12-,14+,15-/m0/s1. The number of fused-ring (bicyclic) bond motifs is 1. The van der Waals surface area contributed by atoms with Crippen LogP contribution in [0.5, 0.6) is 0 Å². The largest absolute Gasteiger partial charge is 0.339 e. The predicted octanol–water partition coefficient (Wildman–Crippen LogP) is 0.446. The third-order valence-electron chi connectivity index (χ3n) is 5.33. The van der Waals surface area contributed by atoms with Crippen LogP contribution in [-0.4, -0.2) is 73.1 Å². The number of carbonyl (C=O) groups is 2. The number of rotatable bonds is 2. The Hall–Kier alpha value is -1.93. The van der Waals surface area contributed by atoms with Gasteiger partial charge in [0.1, 0.15) is 12.1 Å². The third kappa shape index (κ3) is 2.73. The Labute approximate surface area is 148 Å². The number of hydrogen-bond donors (Lipinski definition) is 0. The van der Waals surface area contributed by atoms with Gasteiger partial charge >= 0.3 is 0 Å². The third-order valence-corrected chi connectivity index (χ3v) is 7.23. The molecule has 1 aromatic rings. The molecule has 0 spiro atoms. The molecule has 1 aromatic carbocycles. The Morgan fingerprint density at radius 2 is 1.60 bits per heavy atom. The summed E-state index contributed by atoms with van der Waals surface area (Å²) in [7, 11) is -0.613. The highest BCUT2D eigenvalue weighted by Gasteiger charge is 2.52. The highest BCUT2D eigenvalue weighted by Crippen LogP contribution is 2.32. The van der Waals surface area contributed by atoms with Crippen LogP contribution in [0.3, 0.4) is 0 Å². The fourth-order valence-electron chi connectivity index (χ4n) is 3.58. The van der Waals surface area contributed by atoms with E-state index in [4.69, 9.17) is 0 Å². The minimum absolute atomic E-state index is 0.167. The fraction of sp³-hybridized carbons (Fsp3) is 0.529. The van der Waals surface area contributed by atoms with E-state index in [2.05, 4.69) is 0 Å². The SMILES string of the molecule is Cc1ccc(S(=O)(=O)N2CC[C@@H]3[C@H]2C(=O)N(C)[C@@H](C)C(=O)N3C)cc1. The lowest BCUT2D eigenvalue weighted by Gasteiger charge is -2.29. The molecule has 0 aliphatic carbocycles. The van der Waals surface area contributed by atoms with Crippen molar-refractivity contribution in [3.8, 4) is 0 Å². The molecule has 2 aliphatic rings. The molecule has 2 fully saturated rings. The molecule has 0 aromatic heterocycles. The van der Waals surface area contributed by atoms with Gasteiger partial charge in [-0.15, -0.1) is 0 Å². The summed E-state index contributed by atoms with van der Waals surface area (Å²) in [5.74, 6) is -0.499. The quantitative estimate of drug-likeness (QED) is 0.762. The average Bonchev–Trinajstić information content (AvgIpc) is 3.02. The molecule has 0 radical (unpaired) electrons. The molecule has 0 saturated carbocycles. The highest BCUT2D eigenvalue weighted by atomic mass is 32.2. The van der Waals surface area contributed by atoms with Crippen molar-refractivity contribution in [2.75, 3.05) is 20.6 Å². The van der Waals surface area contributed by atoms with Gasteiger partial charge in [-0.2, -0.15) is 4.31 Å². The van der Waals surface area contributed by atoms with Crippen molar-refractivity contribution in [2.24, 2.45) is 0 Å². The summed E-state index contributed by atoms with van der Waals surface area (Å²) in [6.07, 6.45) is 0.449. The van der Waals surface area contributed by atoms with Crippen LogP contribution in [0.4, 0.5) is 0 Å². The number of sulfonamides is 1. The van der Waals surface area contributed by atoms with Crippen LogP contribution < -0.4 is 0 Å². The zero-order valence-corrected chi connectivity index (χ0v) is 15.7. The minimum Gasteiger partial charge on any atom is -0.339 e. The zero-order chi connectivity index (χ0) is 18.5. The van der Waals surface area contributed by atoms with Crippen LogP contribution in [0, 0.1) is 6.92 Å². The van der Waals surface area contributed by atoms with Crippen LogP contribution in [0.15, 0.2) is 29.2 Å². The van der Waals surface area contributed by atoms with E-state index in [9.17, 15) is 18.0 Å². The molecule has 136 valence electrons. The van der Waals surface area contributed by atoms with Crippen molar-refractivity contribution in [2.45, 2.75) is 43.3 Å². The lowest BCUT2D eigenvalue weighted by atomic mass is 10.1. The second-order valence-corrected chi connectivity index (χ2v) is 8.69. The zero-order valence-electron chi connectivity index (χ0n) is 14.8. The Morgan fingerprint density at radius 3 is 2.20 bits per heavy atom. The monoisotopic (exact) mass is 365 g/mol. The summed E-state index contributed by atoms with van der Waals surface area (Å²) in [5, 5.41) is 0. The maximum absolute atomic E-state index is 13.1. The van der Waals surface area contributed by atoms with E-state index in [1.54, 1.807) is 45.3 Å². The van der Waals surface area contributed by atoms with Crippen LogP contribution in [0.2, 0.25) is 0 Å². The average molecular weight is 365 g/mol. The molecule has 2 amide bonds. The molecule has 2 heterocycles. The first kappa shape index (κ1) is 17.9. The highest BCUT2D eigenvalue weighted by molar-refractivity contribution is 7.89. The lowest BCUT2D eigenvalue weighted by molar-refractivity contribution is -0.139. The summed E-state index contributed by atoms with van der Waals surface area (Å²) in [5.41, 5.74) is 0.961. The number of amides is 2. The second kappa shape index (κ2) is 6.10. The molecule has 0 unspecified atom stereocenters. The number of benzene rings is 1. The molecular weight excluding hydrogens is 342 g/mol. The van der Waals surface area contributed by atoms with Gasteiger partial charge in [-0.25, -0.2) is 8.42 Å². The first-order chi connectivity index (χ1) is 11.7. The Morgan fingerprint density at radius 1 is 1.00 bits per heavy atom. The van der Waals surface area contributed by atoms with Gasteiger partial charge in [-0.05, 0) is 32.4 Å². The number of aryl methyl sites for hydroxylation is 1. The van der Waals surface area contributed by atoms with Gasteiger partial charge < -0.3 is 9.80 Å². The van der Waals surface area contributed by atoms with Crippen molar-refractivity contribution in [3.05, 3.63) is 29.8 Å². The summed E-state index contributed by atoms with van der Waals surface area (Å²) in [6, 6.07) is 4.66. The van der Waals surface area contributed by atoms with E-state index in [0.717, 1.165) is 5.56 Å². The number of hydrogen-bond acceptors (Lipinski definition) is 4. The number of likely N-dealkylation sites (N-methyl/N-ethyl adjacent to an activating group) is 2. The van der Waals surface area contributed by atoms with Crippen molar-refractivity contribution in [3.63, 3.8) is 0 Å². The molecule has 8 heteroatoms. The molecule has 7 nitrogen and oxygen atoms in total. The Kier molecular flexibility index (Phi) is 4.36. The van der Waals surface area contributed by atoms with E-state index in [0.29, 0.717) is 6.42 Å². The van der Waals surface area contributed by atoms with Crippen molar-refractivity contribution in [1.29, 1.82) is 0 Å². The molecule has 0 bridgehead atoms. The van der Waals surface area contributed by atoms with Gasteiger partial charge in [0.15, 0.2) is 0 Å². The summed E-state index contributed by atoms with van der Waals surface area (Å²) in [6.45, 7) is 3.77. The van der Waals surface area contributed by atoms with Crippen LogP contribution >= 0.6 is 0 Å². The van der Waals surface area contributed by atoms with Gasteiger partial charge in [0.05, 0.1) is 10.9 Å². The first-order valence-electron chi connectivity index (χ1n) is 8.28. The van der Waals surface area contributed by atoms with Crippen molar-refractivity contribution in [1.82, 2.24) is 14.1 Å². The van der Waals surface area contributed by atoms with E-state index in [1.807, 2.05) is 6.92 Å². The maximum Gasteiger partial charge on any atom is 0.245 e. The van der Waals surface area contributed by atoms with E-state index >= 15 is 0 Å². The molecule has 3 rings (SSSR count). The summed E-state index contributed by atoms with van der Waals surface area (Å²) in [4.78, 5) is 28.4. The smallest absolute Gasteiger partial charge is 0.245 e. The van der Waals surface area contributed by atoms with Gasteiger partial charge in [0.25, 0.3) is 0 Å². The first-order valence-corrected chi connectivity index (χ1v) is 9.72. The molecule has 3 atom stereocenters. The summed E-state index contributed by atoms with van der Waals surface area (Å²) < 4.78 is 27.4. The van der Waals surface area contributed by atoms with Gasteiger partial charge in [0, 0.05) is 20.6 Å². The van der Waals surface area contributed by atoms with Gasteiger partial charge in [0.2, 0.25) is 21.8 Å². The second-order valence-electron chi connectivity index (χ2n) is 6.80. The molecule has 25 heavy (non-hydrogen) atoms. The predicted molar refractivity (Wildman–Crippen MR) is 92.3 cm³/mol. The minimum atomic E-state index is -3.81. The number of nitrogens with zero attached hydrogens (tertiary/aromatic N) is 3. The molecule has 2 saturated heterocycles. The molecular formula is C17H23N3O4S. The van der Waals surface area contributed by atoms with Gasteiger partial charge in [-0.1, -0.05) is 17.7 Å².